The number of rotatable bonds is 8. The van der Waals surface area contributed by atoms with Gasteiger partial charge in [-0.2, -0.15) is 0 Å². The van der Waals surface area contributed by atoms with Gasteiger partial charge in [-0.1, -0.05) is 38.1 Å². The highest BCUT2D eigenvalue weighted by Crippen LogP contribution is 2.16. The molecule has 0 unspecified atom stereocenters. The second-order valence-electron chi connectivity index (χ2n) is 5.42. The van der Waals surface area contributed by atoms with E-state index < -0.39 is 0 Å². The largest absolute Gasteiger partial charge is 0.385 e. The van der Waals surface area contributed by atoms with Crippen molar-refractivity contribution in [2.24, 2.45) is 0 Å². The molecule has 2 aromatic carbocycles. The van der Waals surface area contributed by atoms with Crippen molar-refractivity contribution in [3.63, 3.8) is 0 Å². The lowest BCUT2D eigenvalue weighted by atomic mass is 10.0. The molecule has 0 atom stereocenters. The minimum absolute atomic E-state index is 0.988. The summed E-state index contributed by atoms with van der Waals surface area (Å²) in [6, 6.07) is 17.5. The smallest absolute Gasteiger partial charge is 0.0340 e. The summed E-state index contributed by atoms with van der Waals surface area (Å²) in [4.78, 5) is 0. The van der Waals surface area contributed by atoms with Crippen molar-refractivity contribution >= 4 is 11.4 Å². The van der Waals surface area contributed by atoms with Crippen LogP contribution in [0.4, 0.5) is 11.4 Å². The first-order valence-electron chi connectivity index (χ1n) is 7.97. The van der Waals surface area contributed by atoms with E-state index in [1.807, 2.05) is 0 Å². The summed E-state index contributed by atoms with van der Waals surface area (Å²) >= 11 is 0. The summed E-state index contributed by atoms with van der Waals surface area (Å²) in [5.74, 6) is 0. The van der Waals surface area contributed by atoms with Gasteiger partial charge >= 0.3 is 0 Å². The van der Waals surface area contributed by atoms with Gasteiger partial charge in [0.1, 0.15) is 0 Å². The van der Waals surface area contributed by atoms with Crippen molar-refractivity contribution in [2.75, 3.05) is 23.7 Å². The van der Waals surface area contributed by atoms with Crippen LogP contribution in [-0.4, -0.2) is 13.1 Å². The molecule has 2 nitrogen and oxygen atoms in total. The van der Waals surface area contributed by atoms with Crippen LogP contribution in [0.5, 0.6) is 0 Å². The lowest BCUT2D eigenvalue weighted by Crippen LogP contribution is -2.00. The van der Waals surface area contributed by atoms with Crippen LogP contribution in [0.1, 0.15) is 37.8 Å². The maximum Gasteiger partial charge on any atom is 0.0340 e. The van der Waals surface area contributed by atoms with E-state index in [0.717, 1.165) is 32.4 Å². The molecule has 0 aliphatic carbocycles. The molecule has 0 aliphatic heterocycles. The van der Waals surface area contributed by atoms with Crippen LogP contribution in [-0.2, 0) is 6.42 Å². The fourth-order valence-electron chi connectivity index (χ4n) is 2.26. The van der Waals surface area contributed by atoms with Gasteiger partial charge in [0.05, 0.1) is 0 Å². The molecule has 0 aromatic heterocycles. The molecule has 2 heteroatoms. The third kappa shape index (κ3) is 5.14. The van der Waals surface area contributed by atoms with E-state index >= 15 is 0 Å². The monoisotopic (exact) mass is 282 g/mol. The molecule has 2 rings (SSSR count). The minimum Gasteiger partial charge on any atom is -0.385 e. The van der Waals surface area contributed by atoms with Crippen molar-refractivity contribution in [3.8, 4) is 0 Å². The molecular formula is C19H26N2. The number of hydrogen-bond acceptors (Lipinski definition) is 2. The van der Waals surface area contributed by atoms with Gasteiger partial charge in [0.25, 0.3) is 0 Å². The molecule has 112 valence electrons. The van der Waals surface area contributed by atoms with Gasteiger partial charge in [0.2, 0.25) is 0 Å². The molecule has 0 heterocycles. The van der Waals surface area contributed by atoms with Crippen LogP contribution in [0, 0.1) is 0 Å². The Labute approximate surface area is 128 Å². The molecule has 0 radical (unpaired) electrons. The zero-order chi connectivity index (χ0) is 14.9. The average molecular weight is 282 g/mol. The van der Waals surface area contributed by atoms with Crippen molar-refractivity contribution in [3.05, 3.63) is 59.7 Å². The van der Waals surface area contributed by atoms with E-state index in [1.54, 1.807) is 0 Å². The molecule has 2 aromatic rings. The molecule has 21 heavy (non-hydrogen) atoms. The molecule has 0 saturated heterocycles. The number of anilines is 2. The summed E-state index contributed by atoms with van der Waals surface area (Å²) in [6.07, 6.45) is 3.29. The number of hydrogen-bond donors (Lipinski definition) is 2. The van der Waals surface area contributed by atoms with Crippen molar-refractivity contribution in [2.45, 2.75) is 33.1 Å². The third-order valence-electron chi connectivity index (χ3n) is 3.47. The van der Waals surface area contributed by atoms with E-state index in [9.17, 15) is 0 Å². The van der Waals surface area contributed by atoms with Crippen LogP contribution < -0.4 is 10.6 Å². The highest BCUT2D eigenvalue weighted by atomic mass is 14.9. The number of nitrogens with one attached hydrogen (secondary N) is 2. The van der Waals surface area contributed by atoms with Gasteiger partial charge in [0.15, 0.2) is 0 Å². The van der Waals surface area contributed by atoms with Crippen LogP contribution in [0.25, 0.3) is 0 Å². The fraction of sp³-hybridized carbons (Fsp3) is 0.368. The Morgan fingerprint density at radius 3 is 1.33 bits per heavy atom. The van der Waals surface area contributed by atoms with Crippen molar-refractivity contribution in [1.82, 2.24) is 0 Å². The Bertz CT molecular complexity index is 465. The molecule has 0 aliphatic rings. The third-order valence-corrected chi connectivity index (χ3v) is 3.47. The summed E-state index contributed by atoms with van der Waals surface area (Å²) in [7, 11) is 0. The first-order valence-corrected chi connectivity index (χ1v) is 7.97. The van der Waals surface area contributed by atoms with Crippen LogP contribution in [0.3, 0.4) is 0 Å². The normalized spacial score (nSPS) is 10.4. The lowest BCUT2D eigenvalue weighted by molar-refractivity contribution is 0.979. The molecule has 0 amide bonds. The SMILES string of the molecule is CCCNc1ccc(Cc2ccc(NCCC)cc2)cc1. The van der Waals surface area contributed by atoms with E-state index in [2.05, 4.69) is 73.0 Å². The van der Waals surface area contributed by atoms with Crippen LogP contribution in [0.2, 0.25) is 0 Å². The van der Waals surface area contributed by atoms with Gasteiger partial charge in [0, 0.05) is 24.5 Å². The highest BCUT2D eigenvalue weighted by Gasteiger charge is 1.98. The molecule has 0 spiro atoms. The molecule has 0 bridgehead atoms. The predicted octanol–water partition coefficient (Wildman–Crippen LogP) is 4.92. The minimum atomic E-state index is 0.988. The van der Waals surface area contributed by atoms with Gasteiger partial charge in [-0.15, -0.1) is 0 Å². The van der Waals surface area contributed by atoms with Crippen LogP contribution >= 0.6 is 0 Å². The summed E-state index contributed by atoms with van der Waals surface area (Å²) in [5.41, 5.74) is 5.12. The molecular weight excluding hydrogens is 256 g/mol. The quantitative estimate of drug-likeness (QED) is 0.718. The Balaban J connectivity index is 1.91. The second-order valence-corrected chi connectivity index (χ2v) is 5.42. The molecule has 2 N–H and O–H groups in total. The van der Waals surface area contributed by atoms with E-state index in [4.69, 9.17) is 0 Å². The Morgan fingerprint density at radius 1 is 0.619 bits per heavy atom. The van der Waals surface area contributed by atoms with Gasteiger partial charge < -0.3 is 10.6 Å². The maximum atomic E-state index is 3.40. The summed E-state index contributed by atoms with van der Waals surface area (Å²) < 4.78 is 0. The first-order chi connectivity index (χ1) is 10.3. The van der Waals surface area contributed by atoms with E-state index in [-0.39, 0.29) is 0 Å². The maximum absolute atomic E-state index is 3.40. The van der Waals surface area contributed by atoms with E-state index in [0.29, 0.717) is 0 Å². The van der Waals surface area contributed by atoms with Gasteiger partial charge in [-0.25, -0.2) is 0 Å². The first kappa shape index (κ1) is 15.4. The van der Waals surface area contributed by atoms with Gasteiger partial charge in [-0.3, -0.25) is 0 Å². The van der Waals surface area contributed by atoms with Crippen LogP contribution in [0.15, 0.2) is 48.5 Å². The van der Waals surface area contributed by atoms with E-state index in [1.165, 1.54) is 22.5 Å². The summed E-state index contributed by atoms with van der Waals surface area (Å²) in [5, 5.41) is 6.81. The average Bonchev–Trinajstić information content (AvgIpc) is 2.53. The zero-order valence-corrected chi connectivity index (χ0v) is 13.2. The highest BCUT2D eigenvalue weighted by molar-refractivity contribution is 5.47. The fourth-order valence-corrected chi connectivity index (χ4v) is 2.26. The molecule has 0 fully saturated rings. The lowest BCUT2D eigenvalue weighted by Gasteiger charge is -2.08. The summed E-state index contributed by atoms with van der Waals surface area (Å²) in [6.45, 7) is 6.43. The van der Waals surface area contributed by atoms with Crippen molar-refractivity contribution < 1.29 is 0 Å². The number of benzene rings is 2. The Kier molecular flexibility index (Phi) is 6.14. The standard InChI is InChI=1S/C19H26N2/c1-3-13-20-18-9-5-16(6-10-18)15-17-7-11-19(12-8-17)21-14-4-2/h5-12,20-21H,3-4,13-15H2,1-2H3. The Hall–Kier alpha value is -1.96. The topological polar surface area (TPSA) is 24.1 Å². The Morgan fingerprint density at radius 2 is 1.00 bits per heavy atom. The second kappa shape index (κ2) is 8.35. The van der Waals surface area contributed by atoms with Crippen molar-refractivity contribution in [1.29, 1.82) is 0 Å². The van der Waals surface area contributed by atoms with Gasteiger partial charge in [-0.05, 0) is 54.7 Å². The molecule has 0 saturated carbocycles. The predicted molar refractivity (Wildman–Crippen MR) is 93.3 cm³/mol. The zero-order valence-electron chi connectivity index (χ0n) is 13.2.